The summed E-state index contributed by atoms with van der Waals surface area (Å²) < 4.78 is 36.1. The van der Waals surface area contributed by atoms with Crippen LogP contribution in [0, 0.1) is 0 Å². The fraction of sp³-hybridized carbons (Fsp3) is 0.185. The number of nitrogens with zero attached hydrogens (tertiary/aromatic N) is 3. The van der Waals surface area contributed by atoms with Gasteiger partial charge in [0.25, 0.3) is 0 Å². The summed E-state index contributed by atoms with van der Waals surface area (Å²) in [5, 5.41) is 0.479. The molecule has 36 heavy (non-hydrogen) atoms. The Morgan fingerprint density at radius 2 is 1.47 bits per heavy atom. The van der Waals surface area contributed by atoms with Crippen LogP contribution < -0.4 is 4.31 Å². The summed E-state index contributed by atoms with van der Waals surface area (Å²) in [6, 6.07) is 27.5. The van der Waals surface area contributed by atoms with Crippen LogP contribution in [0.4, 0.5) is 5.82 Å². The number of ether oxygens (including phenoxy) is 1. The van der Waals surface area contributed by atoms with Gasteiger partial charge >= 0.3 is 5.97 Å². The molecule has 0 N–H and O–H groups in total. The van der Waals surface area contributed by atoms with E-state index in [-0.39, 0.29) is 30.4 Å². The molecule has 186 valence electrons. The second kappa shape index (κ2) is 11.5. The summed E-state index contributed by atoms with van der Waals surface area (Å²) in [5.41, 5.74) is 2.16. The van der Waals surface area contributed by atoms with Gasteiger partial charge in [0.1, 0.15) is 0 Å². The minimum atomic E-state index is -3.95. The number of imidazole rings is 1. The van der Waals surface area contributed by atoms with Crippen LogP contribution in [0.2, 0.25) is 0 Å². The molecule has 4 rings (SSSR count). The predicted octanol–water partition coefficient (Wildman–Crippen LogP) is 5.31. The number of carbonyl (C=O) groups excluding carboxylic acids is 1. The molecule has 0 atom stereocenters. The standard InChI is InChI=1S/C27H27N3O4S2/c1-3-34-26(31)24-25(28-27(35-2)30(24)23-17-11-6-12-18-23)29(19-21-13-7-4-8-14-21)36(32,33)20-22-15-9-5-10-16-22/h4-18H,3,19-20H2,1-2H3. The highest BCUT2D eigenvalue weighted by Crippen LogP contribution is 2.33. The van der Waals surface area contributed by atoms with Gasteiger partial charge < -0.3 is 4.74 Å². The van der Waals surface area contributed by atoms with Crippen molar-refractivity contribution < 1.29 is 17.9 Å². The van der Waals surface area contributed by atoms with E-state index in [4.69, 9.17) is 4.74 Å². The lowest BCUT2D eigenvalue weighted by atomic mass is 10.2. The van der Waals surface area contributed by atoms with E-state index in [1.54, 1.807) is 35.8 Å². The van der Waals surface area contributed by atoms with Gasteiger partial charge in [-0.2, -0.15) is 0 Å². The molecule has 0 unspecified atom stereocenters. The number of para-hydroxylation sites is 1. The van der Waals surface area contributed by atoms with Gasteiger partial charge in [0.05, 0.1) is 18.9 Å². The number of carbonyl (C=O) groups is 1. The minimum Gasteiger partial charge on any atom is -0.461 e. The van der Waals surface area contributed by atoms with Crippen LogP contribution in [-0.2, 0) is 27.1 Å². The Labute approximate surface area is 215 Å². The SMILES string of the molecule is CCOC(=O)c1c(N(Cc2ccccc2)S(=O)(=O)Cc2ccccc2)nc(SC)n1-c1ccccc1. The third-order valence-electron chi connectivity index (χ3n) is 5.43. The summed E-state index contributed by atoms with van der Waals surface area (Å²) in [5.74, 6) is -0.839. The van der Waals surface area contributed by atoms with E-state index in [1.165, 1.54) is 16.1 Å². The van der Waals surface area contributed by atoms with Crippen LogP contribution in [0.3, 0.4) is 0 Å². The fourth-order valence-electron chi connectivity index (χ4n) is 3.82. The molecule has 1 heterocycles. The molecule has 0 saturated carbocycles. The van der Waals surface area contributed by atoms with Crippen LogP contribution >= 0.6 is 11.8 Å². The molecular weight excluding hydrogens is 494 g/mol. The average molecular weight is 522 g/mol. The van der Waals surface area contributed by atoms with E-state index in [0.29, 0.717) is 16.4 Å². The lowest BCUT2D eigenvalue weighted by molar-refractivity contribution is 0.0517. The average Bonchev–Trinajstić information content (AvgIpc) is 3.28. The number of rotatable bonds is 10. The van der Waals surface area contributed by atoms with Crippen molar-refractivity contribution in [1.82, 2.24) is 9.55 Å². The van der Waals surface area contributed by atoms with Gasteiger partial charge in [-0.15, -0.1) is 0 Å². The number of anilines is 1. The fourth-order valence-corrected chi connectivity index (χ4v) is 5.88. The Morgan fingerprint density at radius 3 is 2.03 bits per heavy atom. The van der Waals surface area contributed by atoms with Gasteiger partial charge in [0.15, 0.2) is 16.7 Å². The van der Waals surface area contributed by atoms with Crippen LogP contribution in [0.1, 0.15) is 28.5 Å². The first-order valence-corrected chi connectivity index (χ1v) is 14.3. The summed E-state index contributed by atoms with van der Waals surface area (Å²) in [6.45, 7) is 1.87. The Balaban J connectivity index is 1.93. The molecule has 7 nitrogen and oxygen atoms in total. The summed E-state index contributed by atoms with van der Waals surface area (Å²) in [7, 11) is -3.95. The number of sulfonamides is 1. The number of esters is 1. The highest BCUT2D eigenvalue weighted by Gasteiger charge is 2.34. The summed E-state index contributed by atoms with van der Waals surface area (Å²) in [6.07, 6.45) is 1.83. The molecule has 1 aromatic heterocycles. The van der Waals surface area contributed by atoms with Crippen LogP contribution in [0.25, 0.3) is 5.69 Å². The van der Waals surface area contributed by atoms with Crippen LogP contribution in [-0.4, -0.2) is 36.8 Å². The second-order valence-corrected chi connectivity index (χ2v) is 10.6. The molecule has 0 fully saturated rings. The normalized spacial score (nSPS) is 11.3. The molecule has 0 aliphatic heterocycles. The maximum absolute atomic E-state index is 13.9. The molecule has 0 aliphatic carbocycles. The van der Waals surface area contributed by atoms with Crippen LogP contribution in [0.5, 0.6) is 0 Å². The van der Waals surface area contributed by atoms with E-state index in [1.807, 2.05) is 73.0 Å². The molecule has 4 aromatic rings. The number of thioether (sulfide) groups is 1. The Bertz CT molecular complexity index is 1410. The predicted molar refractivity (Wildman–Crippen MR) is 143 cm³/mol. The zero-order chi connectivity index (χ0) is 25.5. The lowest BCUT2D eigenvalue weighted by Crippen LogP contribution is -2.33. The van der Waals surface area contributed by atoms with Crippen molar-refractivity contribution in [2.75, 3.05) is 17.2 Å². The number of hydrogen-bond acceptors (Lipinski definition) is 6. The van der Waals surface area contributed by atoms with Gasteiger partial charge in [-0.3, -0.25) is 4.57 Å². The topological polar surface area (TPSA) is 81.5 Å². The van der Waals surface area contributed by atoms with Gasteiger partial charge in [-0.05, 0) is 36.4 Å². The second-order valence-electron chi connectivity index (χ2n) is 7.90. The van der Waals surface area contributed by atoms with Crippen molar-refractivity contribution in [3.8, 4) is 5.69 Å². The number of aromatic nitrogens is 2. The largest absolute Gasteiger partial charge is 0.461 e. The summed E-state index contributed by atoms with van der Waals surface area (Å²) >= 11 is 1.32. The third-order valence-corrected chi connectivity index (χ3v) is 7.74. The Hall–Kier alpha value is -3.56. The monoisotopic (exact) mass is 521 g/mol. The molecule has 0 radical (unpaired) electrons. The van der Waals surface area contributed by atoms with E-state index < -0.39 is 16.0 Å². The van der Waals surface area contributed by atoms with Gasteiger partial charge in [0, 0.05) is 5.69 Å². The Morgan fingerprint density at radius 1 is 0.917 bits per heavy atom. The molecule has 0 spiro atoms. The van der Waals surface area contributed by atoms with Crippen LogP contribution in [0.15, 0.2) is 96.2 Å². The zero-order valence-electron chi connectivity index (χ0n) is 20.1. The Kier molecular flexibility index (Phi) is 8.12. The molecule has 9 heteroatoms. The highest BCUT2D eigenvalue weighted by molar-refractivity contribution is 7.98. The summed E-state index contributed by atoms with van der Waals surface area (Å²) in [4.78, 5) is 18.0. The first-order chi connectivity index (χ1) is 17.4. The van der Waals surface area contributed by atoms with Crippen molar-refractivity contribution in [3.05, 3.63) is 108 Å². The van der Waals surface area contributed by atoms with Crippen molar-refractivity contribution >= 4 is 33.6 Å². The van der Waals surface area contributed by atoms with Gasteiger partial charge in [-0.1, -0.05) is 90.6 Å². The number of benzene rings is 3. The molecule has 0 saturated heterocycles. The molecule has 3 aromatic carbocycles. The molecule has 0 amide bonds. The van der Waals surface area contributed by atoms with E-state index in [0.717, 1.165) is 5.56 Å². The van der Waals surface area contributed by atoms with E-state index in [9.17, 15) is 13.2 Å². The van der Waals surface area contributed by atoms with Crippen molar-refractivity contribution in [3.63, 3.8) is 0 Å². The number of hydrogen-bond donors (Lipinski definition) is 0. The molecule has 0 aliphatic rings. The maximum Gasteiger partial charge on any atom is 0.359 e. The first kappa shape index (κ1) is 25.5. The van der Waals surface area contributed by atoms with Gasteiger partial charge in [-0.25, -0.2) is 22.5 Å². The van der Waals surface area contributed by atoms with Crippen molar-refractivity contribution in [2.45, 2.75) is 24.4 Å². The van der Waals surface area contributed by atoms with Crippen molar-refractivity contribution in [1.29, 1.82) is 0 Å². The smallest absolute Gasteiger partial charge is 0.359 e. The highest BCUT2D eigenvalue weighted by atomic mass is 32.2. The quantitative estimate of drug-likeness (QED) is 0.208. The maximum atomic E-state index is 13.9. The van der Waals surface area contributed by atoms with Crippen molar-refractivity contribution in [2.24, 2.45) is 0 Å². The third kappa shape index (κ3) is 5.63. The first-order valence-electron chi connectivity index (χ1n) is 11.4. The zero-order valence-corrected chi connectivity index (χ0v) is 21.7. The van der Waals surface area contributed by atoms with Gasteiger partial charge in [0.2, 0.25) is 10.0 Å². The van der Waals surface area contributed by atoms with E-state index in [2.05, 4.69) is 4.98 Å². The minimum absolute atomic E-state index is 0.0159. The molecule has 0 bridgehead atoms. The lowest BCUT2D eigenvalue weighted by Gasteiger charge is -2.24. The van der Waals surface area contributed by atoms with E-state index >= 15 is 0 Å². The molecular formula is C27H27N3O4S2.